The number of amides is 1. The van der Waals surface area contributed by atoms with E-state index in [2.05, 4.69) is 10.0 Å². The van der Waals surface area contributed by atoms with E-state index < -0.39 is 10.0 Å². The fourth-order valence-corrected chi connectivity index (χ4v) is 2.44. The van der Waals surface area contributed by atoms with Gasteiger partial charge in [-0.15, -0.1) is 0 Å². The fourth-order valence-electron chi connectivity index (χ4n) is 1.62. The van der Waals surface area contributed by atoms with Crippen LogP contribution < -0.4 is 10.0 Å². The summed E-state index contributed by atoms with van der Waals surface area (Å²) in [5.41, 5.74) is 0.795. The minimum atomic E-state index is -3.54. The van der Waals surface area contributed by atoms with Crippen LogP contribution in [0.1, 0.15) is 18.4 Å². The van der Waals surface area contributed by atoms with Gasteiger partial charge in [-0.1, -0.05) is 30.3 Å². The van der Waals surface area contributed by atoms with Crippen molar-refractivity contribution < 1.29 is 17.9 Å². The van der Waals surface area contributed by atoms with Gasteiger partial charge in [0, 0.05) is 38.6 Å². The van der Waals surface area contributed by atoms with E-state index in [1.54, 1.807) is 19.2 Å². The fraction of sp³-hybridized carbons (Fsp3) is 0.400. The minimum Gasteiger partial charge on any atom is -0.385 e. The molecule has 0 aliphatic carbocycles. The van der Waals surface area contributed by atoms with Crippen LogP contribution in [0.5, 0.6) is 0 Å². The second-order valence-corrected chi connectivity index (χ2v) is 6.25. The number of ether oxygens (including phenoxy) is 1. The average Bonchev–Trinajstić information content (AvgIpc) is 2.51. The average molecular weight is 326 g/mol. The lowest BCUT2D eigenvalue weighted by Gasteiger charge is -2.05. The molecular weight excluding hydrogens is 304 g/mol. The predicted molar refractivity (Wildman–Crippen MR) is 86.5 cm³/mol. The maximum Gasteiger partial charge on any atom is 0.233 e. The summed E-state index contributed by atoms with van der Waals surface area (Å²) in [6.45, 7) is 1.17. The maximum absolute atomic E-state index is 11.7. The Kier molecular flexibility index (Phi) is 8.42. The molecule has 0 saturated heterocycles. The summed E-state index contributed by atoms with van der Waals surface area (Å²) in [4.78, 5) is 11.5. The normalized spacial score (nSPS) is 11.7. The van der Waals surface area contributed by atoms with E-state index in [1.807, 2.05) is 18.2 Å². The van der Waals surface area contributed by atoms with Crippen molar-refractivity contribution in [3.8, 4) is 0 Å². The molecule has 0 unspecified atom stereocenters. The van der Waals surface area contributed by atoms with Gasteiger partial charge in [-0.3, -0.25) is 4.79 Å². The highest BCUT2D eigenvalue weighted by atomic mass is 32.2. The van der Waals surface area contributed by atoms with Crippen LogP contribution in [0.3, 0.4) is 0 Å². The summed E-state index contributed by atoms with van der Waals surface area (Å²) in [7, 11) is -1.94. The zero-order valence-corrected chi connectivity index (χ0v) is 13.4. The van der Waals surface area contributed by atoms with E-state index in [1.165, 1.54) is 6.08 Å². The van der Waals surface area contributed by atoms with Crippen molar-refractivity contribution in [2.24, 2.45) is 0 Å². The van der Waals surface area contributed by atoms with Gasteiger partial charge in [0.1, 0.15) is 0 Å². The Balaban J connectivity index is 2.28. The molecule has 0 radical (unpaired) electrons. The number of nitrogens with one attached hydrogen (secondary N) is 2. The van der Waals surface area contributed by atoms with Gasteiger partial charge < -0.3 is 10.1 Å². The summed E-state index contributed by atoms with van der Waals surface area (Å²) in [5.74, 6) is -0.189. The first-order valence-electron chi connectivity index (χ1n) is 7.02. The van der Waals surface area contributed by atoms with Crippen LogP contribution >= 0.6 is 0 Å². The number of sulfonamides is 1. The summed E-state index contributed by atoms with van der Waals surface area (Å²) in [6.07, 6.45) is 2.34. The summed E-state index contributed by atoms with van der Waals surface area (Å²) >= 11 is 0. The molecule has 0 spiro atoms. The topological polar surface area (TPSA) is 84.5 Å². The van der Waals surface area contributed by atoms with Gasteiger partial charge in [0.2, 0.25) is 15.9 Å². The van der Waals surface area contributed by atoms with Crippen molar-refractivity contribution in [1.82, 2.24) is 10.0 Å². The Morgan fingerprint density at radius 3 is 2.64 bits per heavy atom. The molecule has 0 aliphatic rings. The number of rotatable bonds is 10. The summed E-state index contributed by atoms with van der Waals surface area (Å²) in [6, 6.07) is 9.12. The van der Waals surface area contributed by atoms with Crippen molar-refractivity contribution in [2.75, 3.05) is 26.8 Å². The molecule has 22 heavy (non-hydrogen) atoms. The van der Waals surface area contributed by atoms with Crippen LogP contribution in [-0.2, 0) is 19.6 Å². The van der Waals surface area contributed by atoms with Gasteiger partial charge in [0.15, 0.2) is 0 Å². The molecule has 2 N–H and O–H groups in total. The second kappa shape index (κ2) is 10.1. The van der Waals surface area contributed by atoms with Crippen LogP contribution in [0.15, 0.2) is 35.7 Å². The summed E-state index contributed by atoms with van der Waals surface area (Å²) < 4.78 is 30.7. The first-order valence-corrected chi connectivity index (χ1v) is 8.56. The zero-order chi connectivity index (χ0) is 16.3. The molecule has 1 rings (SSSR count). The van der Waals surface area contributed by atoms with Crippen molar-refractivity contribution >= 4 is 22.0 Å². The van der Waals surface area contributed by atoms with E-state index in [0.717, 1.165) is 17.4 Å². The first-order chi connectivity index (χ1) is 10.5. The molecule has 0 aromatic heterocycles. The minimum absolute atomic E-state index is 0.0670. The van der Waals surface area contributed by atoms with Crippen LogP contribution in [0, 0.1) is 0 Å². The van der Waals surface area contributed by atoms with Gasteiger partial charge in [0.25, 0.3) is 0 Å². The van der Waals surface area contributed by atoms with E-state index in [4.69, 9.17) is 4.74 Å². The molecule has 0 heterocycles. The highest BCUT2D eigenvalue weighted by Crippen LogP contribution is 2.02. The van der Waals surface area contributed by atoms with Crippen molar-refractivity contribution in [2.45, 2.75) is 12.8 Å². The third-order valence-corrected chi connectivity index (χ3v) is 3.84. The monoisotopic (exact) mass is 326 g/mol. The first kappa shape index (κ1) is 18.3. The molecule has 1 aromatic carbocycles. The number of carbonyl (C=O) groups is 1. The van der Waals surface area contributed by atoms with Crippen LogP contribution in [0.25, 0.3) is 6.08 Å². The zero-order valence-electron chi connectivity index (χ0n) is 12.6. The lowest BCUT2D eigenvalue weighted by Crippen LogP contribution is -2.30. The third kappa shape index (κ3) is 8.56. The van der Waals surface area contributed by atoms with Crippen LogP contribution in [-0.4, -0.2) is 41.1 Å². The smallest absolute Gasteiger partial charge is 0.233 e. The second-order valence-electron chi connectivity index (χ2n) is 4.60. The molecule has 1 aromatic rings. The number of hydrogen-bond acceptors (Lipinski definition) is 4. The molecule has 0 atom stereocenters. The maximum atomic E-state index is 11.7. The van der Waals surface area contributed by atoms with Gasteiger partial charge in [-0.25, -0.2) is 13.1 Å². The van der Waals surface area contributed by atoms with Crippen molar-refractivity contribution in [3.05, 3.63) is 41.3 Å². The largest absolute Gasteiger partial charge is 0.385 e. The van der Waals surface area contributed by atoms with E-state index in [9.17, 15) is 13.2 Å². The molecule has 6 nitrogen and oxygen atoms in total. The van der Waals surface area contributed by atoms with Crippen molar-refractivity contribution in [3.63, 3.8) is 0 Å². The lowest BCUT2D eigenvalue weighted by molar-refractivity contribution is -0.120. The summed E-state index contributed by atoms with van der Waals surface area (Å²) in [5, 5.41) is 3.79. The Hall–Kier alpha value is -1.70. The highest BCUT2D eigenvalue weighted by Gasteiger charge is 2.06. The Labute approximate surface area is 131 Å². The van der Waals surface area contributed by atoms with Crippen LogP contribution in [0.2, 0.25) is 0 Å². The van der Waals surface area contributed by atoms with E-state index >= 15 is 0 Å². The third-order valence-electron chi connectivity index (χ3n) is 2.74. The van der Waals surface area contributed by atoms with Crippen LogP contribution in [0.4, 0.5) is 0 Å². The molecule has 0 aliphatic heterocycles. The quantitative estimate of drug-likeness (QED) is 0.631. The predicted octanol–water partition coefficient (Wildman–Crippen LogP) is 1.12. The number of hydrogen-bond donors (Lipinski definition) is 2. The Bertz CT molecular complexity index is 570. The highest BCUT2D eigenvalue weighted by molar-refractivity contribution is 7.92. The molecule has 122 valence electrons. The van der Waals surface area contributed by atoms with Gasteiger partial charge >= 0.3 is 0 Å². The SMILES string of the molecule is COCCCNC(=O)CCNS(=O)(=O)/C=C/c1ccccc1. The van der Waals surface area contributed by atoms with Gasteiger partial charge in [-0.05, 0) is 18.1 Å². The molecule has 0 bridgehead atoms. The van der Waals surface area contributed by atoms with E-state index in [-0.39, 0.29) is 18.9 Å². The number of methoxy groups -OCH3 is 1. The molecule has 1 amide bonds. The molecular formula is C15H22N2O4S. The van der Waals surface area contributed by atoms with E-state index in [0.29, 0.717) is 13.2 Å². The molecule has 0 fully saturated rings. The van der Waals surface area contributed by atoms with Gasteiger partial charge in [0.05, 0.1) is 0 Å². The lowest BCUT2D eigenvalue weighted by atomic mass is 10.2. The Morgan fingerprint density at radius 1 is 1.23 bits per heavy atom. The Morgan fingerprint density at radius 2 is 1.95 bits per heavy atom. The van der Waals surface area contributed by atoms with Crippen molar-refractivity contribution in [1.29, 1.82) is 0 Å². The number of carbonyl (C=O) groups excluding carboxylic acids is 1. The number of benzene rings is 1. The van der Waals surface area contributed by atoms with Gasteiger partial charge in [-0.2, -0.15) is 0 Å². The molecule has 0 saturated carbocycles. The standard InChI is InChI=1S/C15H22N2O4S/c1-21-12-5-10-16-15(18)8-11-17-22(19,20)13-9-14-6-3-2-4-7-14/h2-4,6-7,9,13,17H,5,8,10-12H2,1H3,(H,16,18)/b13-9+. The molecule has 7 heteroatoms.